The van der Waals surface area contributed by atoms with E-state index in [4.69, 9.17) is 0 Å². The summed E-state index contributed by atoms with van der Waals surface area (Å²) in [6.07, 6.45) is 8.47. The predicted molar refractivity (Wildman–Crippen MR) is 124 cm³/mol. The van der Waals surface area contributed by atoms with Crippen molar-refractivity contribution < 1.29 is 10.0 Å². The number of aromatic nitrogens is 1. The molecule has 0 saturated heterocycles. The van der Waals surface area contributed by atoms with Gasteiger partial charge in [-0.05, 0) is 80.2 Å². The summed E-state index contributed by atoms with van der Waals surface area (Å²) in [6.45, 7) is 4.30. The van der Waals surface area contributed by atoms with Crippen LogP contribution in [-0.4, -0.2) is 21.8 Å². The third-order valence-corrected chi connectivity index (χ3v) is 9.07. The van der Waals surface area contributed by atoms with Gasteiger partial charge < -0.3 is 10.5 Å². The molecule has 2 N–H and O–H groups in total. The molecule has 0 radical (unpaired) electrons. The van der Waals surface area contributed by atoms with Gasteiger partial charge in [-0.15, -0.1) is 11.3 Å². The first-order chi connectivity index (χ1) is 15.0. The lowest BCUT2D eigenvalue weighted by atomic mass is 9.54. The molecule has 5 nitrogen and oxygen atoms in total. The second kappa shape index (κ2) is 8.05. The fourth-order valence-electron chi connectivity index (χ4n) is 6.93. The highest BCUT2D eigenvalue weighted by Crippen LogP contribution is 2.62. The summed E-state index contributed by atoms with van der Waals surface area (Å²) in [5, 5.41) is 17.2. The van der Waals surface area contributed by atoms with E-state index in [1.807, 2.05) is 6.92 Å². The number of aryl methyl sites for hydroxylation is 2. The molecular formula is C25H31N3O2S. The van der Waals surface area contributed by atoms with E-state index in [0.717, 1.165) is 42.7 Å². The Morgan fingerprint density at radius 2 is 2.19 bits per heavy atom. The van der Waals surface area contributed by atoms with Crippen LogP contribution in [-0.2, 0) is 11.2 Å². The van der Waals surface area contributed by atoms with E-state index in [1.54, 1.807) is 6.20 Å². The molecule has 2 saturated carbocycles. The Labute approximate surface area is 188 Å². The number of rotatable bonds is 4. The molecule has 3 aliphatic carbocycles. The molecule has 31 heavy (non-hydrogen) atoms. The Morgan fingerprint density at radius 3 is 2.97 bits per heavy atom. The minimum absolute atomic E-state index is 0.0341. The summed E-state index contributed by atoms with van der Waals surface area (Å²) in [4.78, 5) is 17.9. The average molecular weight is 438 g/mol. The first-order valence-electron chi connectivity index (χ1n) is 11.5. The van der Waals surface area contributed by atoms with Gasteiger partial charge in [0.1, 0.15) is 0 Å². The van der Waals surface area contributed by atoms with Gasteiger partial charge >= 0.3 is 0 Å². The largest absolute Gasteiger partial charge is 0.411 e. The summed E-state index contributed by atoms with van der Waals surface area (Å²) in [5.41, 5.74) is 3.95. The monoisotopic (exact) mass is 437 g/mol. The van der Waals surface area contributed by atoms with E-state index in [1.165, 1.54) is 28.9 Å². The van der Waals surface area contributed by atoms with E-state index in [-0.39, 0.29) is 11.3 Å². The summed E-state index contributed by atoms with van der Waals surface area (Å²) < 4.78 is 0. The van der Waals surface area contributed by atoms with Gasteiger partial charge in [0.25, 0.3) is 0 Å². The van der Waals surface area contributed by atoms with Crippen molar-refractivity contribution in [1.82, 2.24) is 4.98 Å². The molecule has 0 spiro atoms. The fraction of sp³-hybridized carbons (Fsp3) is 0.560. The van der Waals surface area contributed by atoms with Crippen molar-refractivity contribution >= 4 is 28.1 Å². The number of fused-ring (bicyclic) bond motifs is 5. The number of benzene rings is 1. The van der Waals surface area contributed by atoms with Crippen LogP contribution in [0.15, 0.2) is 35.6 Å². The third kappa shape index (κ3) is 3.59. The Morgan fingerprint density at radius 1 is 1.35 bits per heavy atom. The van der Waals surface area contributed by atoms with Crippen LogP contribution < -0.4 is 5.32 Å². The lowest BCUT2D eigenvalue weighted by molar-refractivity contribution is -0.116. The van der Waals surface area contributed by atoms with E-state index in [9.17, 15) is 10.0 Å². The normalized spacial score (nSPS) is 32.9. The Bertz CT molecular complexity index is 1020. The number of oxime groups is 1. The smallest absolute Gasteiger partial charge is 0.226 e. The van der Waals surface area contributed by atoms with Gasteiger partial charge in [-0.2, -0.15) is 0 Å². The molecule has 0 aliphatic heterocycles. The van der Waals surface area contributed by atoms with Crippen LogP contribution in [0.4, 0.5) is 5.13 Å². The van der Waals surface area contributed by atoms with Crippen LogP contribution in [0.1, 0.15) is 67.4 Å². The van der Waals surface area contributed by atoms with Crippen LogP contribution in [0.3, 0.4) is 0 Å². The Balaban J connectivity index is 1.35. The highest BCUT2D eigenvalue weighted by atomic mass is 32.1. The van der Waals surface area contributed by atoms with Gasteiger partial charge in [0.2, 0.25) is 5.91 Å². The molecule has 5 unspecified atom stereocenters. The highest BCUT2D eigenvalue weighted by Gasteiger charge is 2.57. The number of nitrogens with zero attached hydrogens (tertiary/aromatic N) is 2. The number of anilines is 1. The second-order valence-corrected chi connectivity index (χ2v) is 11.1. The third-order valence-electron chi connectivity index (χ3n) is 8.24. The van der Waals surface area contributed by atoms with Gasteiger partial charge in [-0.1, -0.05) is 36.3 Å². The zero-order valence-electron chi connectivity index (χ0n) is 18.3. The Kier molecular flexibility index (Phi) is 5.37. The molecule has 1 heterocycles. The molecule has 2 fully saturated rings. The highest BCUT2D eigenvalue weighted by molar-refractivity contribution is 7.15. The molecule has 3 aliphatic rings. The lowest BCUT2D eigenvalue weighted by Gasteiger charge is -2.50. The van der Waals surface area contributed by atoms with Crippen molar-refractivity contribution in [3.05, 3.63) is 46.5 Å². The van der Waals surface area contributed by atoms with Gasteiger partial charge in [0.15, 0.2) is 5.13 Å². The molecule has 1 amide bonds. The topological polar surface area (TPSA) is 74.6 Å². The average Bonchev–Trinajstić information content (AvgIpc) is 3.31. The molecule has 5 atom stereocenters. The van der Waals surface area contributed by atoms with Crippen molar-refractivity contribution in [2.45, 2.75) is 64.7 Å². The number of carbonyl (C=O) groups is 1. The molecule has 1 aromatic carbocycles. The van der Waals surface area contributed by atoms with Gasteiger partial charge in [-0.25, -0.2) is 4.98 Å². The van der Waals surface area contributed by atoms with Crippen molar-refractivity contribution in [2.24, 2.45) is 28.3 Å². The van der Waals surface area contributed by atoms with Crippen LogP contribution in [0.25, 0.3) is 0 Å². The first kappa shape index (κ1) is 20.7. The fourth-order valence-corrected chi connectivity index (χ4v) is 7.61. The molecule has 6 heteroatoms. The van der Waals surface area contributed by atoms with Crippen molar-refractivity contribution in [2.75, 3.05) is 5.32 Å². The predicted octanol–water partition coefficient (Wildman–Crippen LogP) is 5.78. The maximum atomic E-state index is 12.6. The van der Waals surface area contributed by atoms with Crippen LogP contribution in [0.2, 0.25) is 0 Å². The molecular weight excluding hydrogens is 406 g/mol. The maximum Gasteiger partial charge on any atom is 0.226 e. The van der Waals surface area contributed by atoms with E-state index in [2.05, 4.69) is 46.6 Å². The van der Waals surface area contributed by atoms with E-state index < -0.39 is 0 Å². The first-order valence-corrected chi connectivity index (χ1v) is 12.3. The molecule has 5 rings (SSSR count). The van der Waals surface area contributed by atoms with Gasteiger partial charge in [0.05, 0.1) is 5.71 Å². The van der Waals surface area contributed by atoms with Gasteiger partial charge in [-0.3, -0.25) is 4.79 Å². The lowest BCUT2D eigenvalue weighted by Crippen LogP contribution is -2.44. The van der Waals surface area contributed by atoms with Crippen molar-refractivity contribution in [3.63, 3.8) is 0 Å². The SMILES string of the molecule is Cc1cnc(NC(=O)CCC2C/C(=N\O)C3(C)CCC4c5ccccc5CCC4C23)s1. The second-order valence-electron chi connectivity index (χ2n) is 9.86. The molecule has 1 aromatic heterocycles. The number of thiazole rings is 1. The molecule has 2 aromatic rings. The Hall–Kier alpha value is -2.21. The van der Waals surface area contributed by atoms with E-state index >= 15 is 0 Å². The number of carbonyl (C=O) groups excluding carboxylic acids is 1. The summed E-state index contributed by atoms with van der Waals surface area (Å²) in [5.74, 6) is 2.09. The minimum Gasteiger partial charge on any atom is -0.411 e. The standard InChI is InChI=1S/C25H31N3O2S/c1-15-14-26-24(31-15)27-22(29)10-8-17-13-21(28-30)25(2)12-11-19-18-6-4-3-5-16(18)7-9-20(19)23(17)25/h3-6,14,17,19-20,23,30H,7-13H2,1-2H3,(H,26,27,29)/b28-21+. The summed E-state index contributed by atoms with van der Waals surface area (Å²) >= 11 is 1.51. The van der Waals surface area contributed by atoms with Crippen LogP contribution in [0.5, 0.6) is 0 Å². The number of amides is 1. The summed E-state index contributed by atoms with van der Waals surface area (Å²) in [7, 11) is 0. The molecule has 0 bridgehead atoms. The van der Waals surface area contributed by atoms with E-state index in [0.29, 0.717) is 35.2 Å². The number of hydrogen-bond acceptors (Lipinski definition) is 5. The summed E-state index contributed by atoms with van der Waals surface area (Å²) in [6, 6.07) is 8.94. The minimum atomic E-state index is -0.0459. The van der Waals surface area contributed by atoms with Crippen molar-refractivity contribution in [3.8, 4) is 0 Å². The quantitative estimate of drug-likeness (QED) is 0.470. The number of nitrogens with one attached hydrogen (secondary N) is 1. The maximum absolute atomic E-state index is 12.6. The van der Waals surface area contributed by atoms with Crippen LogP contribution >= 0.6 is 11.3 Å². The van der Waals surface area contributed by atoms with Crippen LogP contribution in [0, 0.1) is 30.1 Å². The zero-order valence-corrected chi connectivity index (χ0v) is 19.1. The van der Waals surface area contributed by atoms with Crippen molar-refractivity contribution in [1.29, 1.82) is 0 Å². The number of hydrogen-bond donors (Lipinski definition) is 2. The van der Waals surface area contributed by atoms with Gasteiger partial charge in [0, 0.05) is 22.9 Å². The zero-order chi connectivity index (χ0) is 21.6. The molecule has 164 valence electrons.